The molecule has 1 aliphatic rings. The molecule has 0 saturated heterocycles. The Hall–Kier alpha value is -2.28. The van der Waals surface area contributed by atoms with Crippen molar-refractivity contribution in [2.45, 2.75) is 169 Å². The van der Waals surface area contributed by atoms with E-state index in [4.69, 9.17) is 0 Å². The summed E-state index contributed by atoms with van der Waals surface area (Å²) >= 11 is 0. The maximum atomic E-state index is 2.81. The first-order chi connectivity index (χ1) is 21.1. The fourth-order valence-electron chi connectivity index (χ4n) is 7.47. The van der Waals surface area contributed by atoms with Crippen LogP contribution in [0, 0.1) is 6.92 Å². The van der Waals surface area contributed by atoms with E-state index in [0.717, 1.165) is 6.42 Å². The molecule has 0 radical (unpaired) electrons. The van der Waals surface area contributed by atoms with Crippen LogP contribution in [0.15, 0.2) is 53.6 Å². The first-order valence-corrected chi connectivity index (χ1v) is 18.5. The van der Waals surface area contributed by atoms with Crippen molar-refractivity contribution in [2.75, 3.05) is 0 Å². The maximum Gasteiger partial charge on any atom is 0.0500 e. The summed E-state index contributed by atoms with van der Waals surface area (Å²) in [6.45, 7) is 11.6. The summed E-state index contributed by atoms with van der Waals surface area (Å²) in [5.41, 5.74) is 10.5. The van der Waals surface area contributed by atoms with Gasteiger partial charge in [-0.1, -0.05) is 153 Å². The van der Waals surface area contributed by atoms with E-state index >= 15 is 0 Å². The van der Waals surface area contributed by atoms with Crippen molar-refractivity contribution in [2.24, 2.45) is 0 Å². The first kappa shape index (κ1) is 33.6. The fourth-order valence-corrected chi connectivity index (χ4v) is 7.47. The van der Waals surface area contributed by atoms with Gasteiger partial charge in [0, 0.05) is 27.8 Å². The summed E-state index contributed by atoms with van der Waals surface area (Å²) in [4.78, 5) is 0. The fraction of sp³-hybridized carbons (Fsp3) is 0.619. The Labute approximate surface area is 265 Å². The number of benzene rings is 2. The van der Waals surface area contributed by atoms with Crippen molar-refractivity contribution in [3.05, 3.63) is 64.7 Å². The highest BCUT2D eigenvalue weighted by Gasteiger charge is 2.21. The van der Waals surface area contributed by atoms with Crippen molar-refractivity contribution >= 4 is 27.4 Å². The molecule has 0 fully saturated rings. The number of nitrogens with zero attached hydrogens (tertiary/aromatic N) is 1. The predicted octanol–water partition coefficient (Wildman–Crippen LogP) is 14.2. The van der Waals surface area contributed by atoms with Crippen LogP contribution in [0.5, 0.6) is 0 Å². The average molecular weight is 582 g/mol. The molecule has 0 atom stereocenters. The first-order valence-electron chi connectivity index (χ1n) is 18.5. The molecular formula is C42H63N. The lowest BCUT2D eigenvalue weighted by Crippen LogP contribution is -2.10. The van der Waals surface area contributed by atoms with Crippen LogP contribution in [0.2, 0.25) is 0 Å². The number of hydrogen-bond acceptors (Lipinski definition) is 0. The molecule has 3 aromatic rings. The summed E-state index contributed by atoms with van der Waals surface area (Å²) in [6, 6.07) is 15.2. The van der Waals surface area contributed by atoms with Gasteiger partial charge in [-0.15, -0.1) is 0 Å². The van der Waals surface area contributed by atoms with Crippen molar-refractivity contribution in [3.8, 4) is 0 Å². The molecule has 0 amide bonds. The van der Waals surface area contributed by atoms with E-state index in [0.29, 0.717) is 6.04 Å². The van der Waals surface area contributed by atoms with Gasteiger partial charge in [0.05, 0.1) is 0 Å². The molecule has 236 valence electrons. The molecule has 1 nitrogen and oxygen atoms in total. The molecule has 0 N–H and O–H groups in total. The zero-order valence-electron chi connectivity index (χ0n) is 28.7. The van der Waals surface area contributed by atoms with Gasteiger partial charge in [0.25, 0.3) is 0 Å². The molecule has 1 heterocycles. The molecule has 0 aliphatic heterocycles. The van der Waals surface area contributed by atoms with E-state index < -0.39 is 0 Å². The van der Waals surface area contributed by atoms with Gasteiger partial charge in [0.15, 0.2) is 0 Å². The Balaban J connectivity index is 1.63. The molecule has 0 unspecified atom stereocenters. The van der Waals surface area contributed by atoms with Crippen molar-refractivity contribution < 1.29 is 0 Å². The second-order valence-corrected chi connectivity index (χ2v) is 13.9. The van der Waals surface area contributed by atoms with Crippen molar-refractivity contribution in [1.82, 2.24) is 4.57 Å². The van der Waals surface area contributed by atoms with Crippen LogP contribution in [0.25, 0.3) is 27.4 Å². The van der Waals surface area contributed by atoms with E-state index in [1.165, 1.54) is 161 Å². The highest BCUT2D eigenvalue weighted by Crippen LogP contribution is 2.40. The highest BCUT2D eigenvalue weighted by molar-refractivity contribution is 6.09. The quantitative estimate of drug-likeness (QED) is 0.110. The van der Waals surface area contributed by atoms with Crippen LogP contribution < -0.4 is 0 Å². The van der Waals surface area contributed by atoms with Crippen LogP contribution in [-0.4, -0.2) is 4.57 Å². The standard InChI is InChI=1S/C42H63N/c1-6-9-12-15-17-20-23-38(24-21-18-16-13-10-7-2)43-41-29-33(4)25-27-39(41)40-28-26-36(32-42(40)43)37-30-34(5)35(31-37)22-19-14-11-8-3/h25-29,31-32,38H,6-24,30H2,1-5H3. The monoisotopic (exact) mass is 581 g/mol. The molecule has 0 spiro atoms. The maximum absolute atomic E-state index is 2.81. The normalized spacial score (nSPS) is 13.8. The predicted molar refractivity (Wildman–Crippen MR) is 193 cm³/mol. The van der Waals surface area contributed by atoms with E-state index in [-0.39, 0.29) is 0 Å². The second kappa shape index (κ2) is 17.9. The summed E-state index contributed by atoms with van der Waals surface area (Å²) in [5, 5.41) is 2.88. The minimum Gasteiger partial charge on any atom is -0.337 e. The largest absolute Gasteiger partial charge is 0.337 e. The Morgan fingerprint density at radius 1 is 0.605 bits per heavy atom. The molecule has 43 heavy (non-hydrogen) atoms. The molecule has 1 heteroatoms. The van der Waals surface area contributed by atoms with Gasteiger partial charge in [0.1, 0.15) is 0 Å². The zero-order valence-corrected chi connectivity index (χ0v) is 28.7. The van der Waals surface area contributed by atoms with Gasteiger partial charge in [-0.2, -0.15) is 0 Å². The zero-order chi connectivity index (χ0) is 30.4. The van der Waals surface area contributed by atoms with Crippen molar-refractivity contribution in [1.29, 1.82) is 0 Å². The molecular weight excluding hydrogens is 518 g/mol. The molecule has 1 aromatic heterocycles. The average Bonchev–Trinajstić information content (AvgIpc) is 3.54. The van der Waals surface area contributed by atoms with Crippen LogP contribution >= 0.6 is 0 Å². The Kier molecular flexibility index (Phi) is 14.0. The van der Waals surface area contributed by atoms with Gasteiger partial charge in [-0.05, 0) is 80.4 Å². The Morgan fingerprint density at radius 2 is 1.14 bits per heavy atom. The molecule has 0 saturated carbocycles. The van der Waals surface area contributed by atoms with Gasteiger partial charge >= 0.3 is 0 Å². The van der Waals surface area contributed by atoms with Gasteiger partial charge < -0.3 is 4.57 Å². The van der Waals surface area contributed by atoms with Gasteiger partial charge in [-0.25, -0.2) is 0 Å². The minimum absolute atomic E-state index is 0.584. The van der Waals surface area contributed by atoms with Gasteiger partial charge in [-0.3, -0.25) is 0 Å². The van der Waals surface area contributed by atoms with E-state index in [1.54, 1.807) is 11.1 Å². The summed E-state index contributed by atoms with van der Waals surface area (Å²) < 4.78 is 2.81. The third kappa shape index (κ3) is 9.36. The Morgan fingerprint density at radius 3 is 1.77 bits per heavy atom. The molecule has 2 aromatic carbocycles. The molecule has 4 rings (SSSR count). The Bertz CT molecular complexity index is 1320. The lowest BCUT2D eigenvalue weighted by Gasteiger charge is -2.22. The number of rotatable bonds is 21. The summed E-state index contributed by atoms with van der Waals surface area (Å²) in [7, 11) is 0. The second-order valence-electron chi connectivity index (χ2n) is 13.9. The van der Waals surface area contributed by atoms with Gasteiger partial charge in [0.2, 0.25) is 0 Å². The van der Waals surface area contributed by atoms with E-state index in [9.17, 15) is 0 Å². The minimum atomic E-state index is 0.584. The topological polar surface area (TPSA) is 4.93 Å². The number of hydrogen-bond donors (Lipinski definition) is 0. The number of aromatic nitrogens is 1. The smallest absolute Gasteiger partial charge is 0.0500 e. The van der Waals surface area contributed by atoms with Crippen LogP contribution in [0.3, 0.4) is 0 Å². The number of allylic oxidation sites excluding steroid dienone is 4. The number of unbranched alkanes of at least 4 members (excludes halogenated alkanes) is 13. The molecule has 1 aliphatic carbocycles. The number of fused-ring (bicyclic) bond motifs is 3. The summed E-state index contributed by atoms with van der Waals surface area (Å²) in [6.07, 6.45) is 29.4. The SMILES string of the molecule is CCCCCCCCC(CCCCCCCC)n1c2cc(C)ccc2c2ccc(C3=CC(CCCCCC)=C(C)C3)cc21. The van der Waals surface area contributed by atoms with Crippen molar-refractivity contribution in [3.63, 3.8) is 0 Å². The highest BCUT2D eigenvalue weighted by atomic mass is 15.0. The third-order valence-electron chi connectivity index (χ3n) is 10.1. The third-order valence-corrected chi connectivity index (χ3v) is 10.1. The van der Waals surface area contributed by atoms with E-state index in [2.05, 4.69) is 81.7 Å². The molecule has 0 bridgehead atoms. The van der Waals surface area contributed by atoms with E-state index in [1.807, 2.05) is 0 Å². The number of aryl methyl sites for hydroxylation is 1. The van der Waals surface area contributed by atoms with Crippen LogP contribution in [-0.2, 0) is 0 Å². The lowest BCUT2D eigenvalue weighted by molar-refractivity contribution is 0.410. The van der Waals surface area contributed by atoms with Crippen LogP contribution in [0.4, 0.5) is 0 Å². The lowest BCUT2D eigenvalue weighted by atomic mass is 9.99. The van der Waals surface area contributed by atoms with Crippen LogP contribution in [0.1, 0.15) is 173 Å². The summed E-state index contributed by atoms with van der Waals surface area (Å²) in [5.74, 6) is 0.